The molecule has 6 heterocycles. The van der Waals surface area contributed by atoms with Crippen LogP contribution in [0.1, 0.15) is 18.5 Å². The molecule has 3 aliphatic rings. The molecule has 3 fully saturated rings. The van der Waals surface area contributed by atoms with E-state index in [1.165, 1.54) is 25.9 Å². The van der Waals surface area contributed by atoms with Crippen molar-refractivity contribution >= 4 is 27.6 Å². The normalized spacial score (nSPS) is 25.9. The second-order valence-electron chi connectivity index (χ2n) is 6.80. The third kappa shape index (κ3) is 1.98. The predicted octanol–water partition coefficient (Wildman–Crippen LogP) is 2.49. The summed E-state index contributed by atoms with van der Waals surface area (Å²) in [6.07, 6.45) is 5.98. The van der Waals surface area contributed by atoms with Crippen LogP contribution in [0.3, 0.4) is 0 Å². The van der Waals surface area contributed by atoms with Crippen molar-refractivity contribution < 1.29 is 0 Å². The number of piperidine rings is 3. The van der Waals surface area contributed by atoms with E-state index in [0.717, 1.165) is 34.2 Å². The molecule has 2 N–H and O–H groups in total. The highest BCUT2D eigenvalue weighted by Crippen LogP contribution is 2.35. The first-order valence-electron chi connectivity index (χ1n) is 8.48. The van der Waals surface area contributed by atoms with Crippen LogP contribution in [-0.2, 0) is 0 Å². The first-order chi connectivity index (χ1) is 11.8. The van der Waals surface area contributed by atoms with E-state index in [1.54, 1.807) is 12.4 Å². The van der Waals surface area contributed by atoms with Gasteiger partial charge in [0.25, 0.3) is 0 Å². The van der Waals surface area contributed by atoms with Gasteiger partial charge in [-0.25, -0.2) is 9.97 Å². The summed E-state index contributed by atoms with van der Waals surface area (Å²) in [5.74, 6) is 0.681. The summed E-state index contributed by atoms with van der Waals surface area (Å²) in [6.45, 7) is 3.45. The first kappa shape index (κ1) is 13.8. The summed E-state index contributed by atoms with van der Waals surface area (Å²) >= 11 is 0. The average molecular weight is 318 g/mol. The zero-order valence-corrected chi connectivity index (χ0v) is 13.3. The molecule has 3 saturated heterocycles. The minimum Gasteiger partial charge on any atom is -0.378 e. The highest BCUT2D eigenvalue weighted by molar-refractivity contribution is 6.12. The highest BCUT2D eigenvalue weighted by Gasteiger charge is 2.34. The molecule has 6 rings (SSSR count). The molecule has 0 amide bonds. The van der Waals surface area contributed by atoms with Gasteiger partial charge < -0.3 is 15.2 Å². The number of anilines is 1. The van der Waals surface area contributed by atoms with Crippen LogP contribution in [-0.4, -0.2) is 45.5 Å². The number of fused-ring (bicyclic) bond motifs is 6. The third-order valence-corrected chi connectivity index (χ3v) is 5.50. The van der Waals surface area contributed by atoms with E-state index < -0.39 is 0 Å². The van der Waals surface area contributed by atoms with Crippen LogP contribution < -0.4 is 5.32 Å². The molecular formula is C18H18N6. The van der Waals surface area contributed by atoms with Gasteiger partial charge in [-0.2, -0.15) is 5.26 Å². The lowest BCUT2D eigenvalue weighted by molar-refractivity contribution is 0.0976. The number of pyridine rings is 2. The van der Waals surface area contributed by atoms with E-state index in [0.29, 0.717) is 17.7 Å². The fourth-order valence-corrected chi connectivity index (χ4v) is 4.26. The molecule has 24 heavy (non-hydrogen) atoms. The topological polar surface area (TPSA) is 80.6 Å². The van der Waals surface area contributed by atoms with Crippen molar-refractivity contribution in [3.63, 3.8) is 0 Å². The van der Waals surface area contributed by atoms with Gasteiger partial charge in [-0.1, -0.05) is 0 Å². The number of rotatable bonds is 2. The van der Waals surface area contributed by atoms with Gasteiger partial charge in [-0.05, 0) is 44.0 Å². The number of nitrogens with one attached hydrogen (secondary N) is 2. The molecule has 120 valence electrons. The lowest BCUT2D eigenvalue weighted by Crippen LogP contribution is -2.53. The monoisotopic (exact) mass is 318 g/mol. The lowest BCUT2D eigenvalue weighted by atomic mass is 9.84. The van der Waals surface area contributed by atoms with Crippen molar-refractivity contribution in [1.82, 2.24) is 19.9 Å². The minimum absolute atomic E-state index is 0.383. The second kappa shape index (κ2) is 5.18. The van der Waals surface area contributed by atoms with Crippen molar-refractivity contribution in [1.29, 1.82) is 5.26 Å². The molecule has 2 bridgehead atoms. The number of H-pyrrole nitrogens is 1. The molecule has 0 aromatic carbocycles. The van der Waals surface area contributed by atoms with E-state index in [2.05, 4.69) is 31.2 Å². The number of nitriles is 1. The van der Waals surface area contributed by atoms with Gasteiger partial charge in [-0.3, -0.25) is 0 Å². The summed E-state index contributed by atoms with van der Waals surface area (Å²) < 4.78 is 0. The van der Waals surface area contributed by atoms with Crippen LogP contribution in [0.15, 0.2) is 24.5 Å². The second-order valence-corrected chi connectivity index (χ2v) is 6.80. The number of nitrogens with zero attached hydrogens (tertiary/aromatic N) is 4. The van der Waals surface area contributed by atoms with Gasteiger partial charge in [0, 0.05) is 29.6 Å². The lowest BCUT2D eigenvalue weighted by Gasteiger charge is -2.45. The van der Waals surface area contributed by atoms with Crippen LogP contribution in [0.25, 0.3) is 21.9 Å². The van der Waals surface area contributed by atoms with Gasteiger partial charge >= 0.3 is 0 Å². The van der Waals surface area contributed by atoms with Crippen molar-refractivity contribution in [3.05, 3.63) is 30.2 Å². The molecule has 0 aliphatic carbocycles. The molecule has 3 aromatic rings. The van der Waals surface area contributed by atoms with Crippen LogP contribution in [0.5, 0.6) is 0 Å². The van der Waals surface area contributed by atoms with Crippen LogP contribution in [0, 0.1) is 17.2 Å². The van der Waals surface area contributed by atoms with E-state index in [4.69, 9.17) is 0 Å². The van der Waals surface area contributed by atoms with Crippen molar-refractivity contribution in [2.24, 2.45) is 5.92 Å². The number of aromatic nitrogens is 3. The molecule has 3 aliphatic heterocycles. The molecule has 0 unspecified atom stereocenters. The fourth-order valence-electron chi connectivity index (χ4n) is 4.26. The van der Waals surface area contributed by atoms with Crippen LogP contribution in [0.2, 0.25) is 0 Å². The molecule has 0 radical (unpaired) electrons. The van der Waals surface area contributed by atoms with E-state index >= 15 is 0 Å². The Hall–Kier alpha value is -2.65. The molecule has 0 spiro atoms. The van der Waals surface area contributed by atoms with Gasteiger partial charge in [0.2, 0.25) is 0 Å². The maximum absolute atomic E-state index is 9.56. The van der Waals surface area contributed by atoms with Crippen molar-refractivity contribution in [3.8, 4) is 6.07 Å². The fraction of sp³-hybridized carbons (Fsp3) is 0.389. The third-order valence-electron chi connectivity index (χ3n) is 5.50. The largest absolute Gasteiger partial charge is 0.378 e. The van der Waals surface area contributed by atoms with E-state index in [9.17, 15) is 5.26 Å². The molecule has 6 heteroatoms. The van der Waals surface area contributed by atoms with Crippen LogP contribution >= 0.6 is 0 Å². The zero-order chi connectivity index (χ0) is 16.1. The Morgan fingerprint density at radius 3 is 2.92 bits per heavy atom. The van der Waals surface area contributed by atoms with Gasteiger partial charge in [0.05, 0.1) is 17.4 Å². The summed E-state index contributed by atoms with van der Waals surface area (Å²) in [5, 5.41) is 15.3. The maximum atomic E-state index is 9.56. The zero-order valence-electron chi connectivity index (χ0n) is 13.3. The SMILES string of the molecule is N#Cc1ncc2[nH]c3ncccc3c2c1N[C@@H]1CN2CCC1CC2. The maximum Gasteiger partial charge on any atom is 0.164 e. The summed E-state index contributed by atoms with van der Waals surface area (Å²) in [7, 11) is 0. The van der Waals surface area contributed by atoms with Crippen LogP contribution in [0.4, 0.5) is 5.69 Å². The van der Waals surface area contributed by atoms with E-state index in [-0.39, 0.29) is 0 Å². The Balaban J connectivity index is 1.67. The van der Waals surface area contributed by atoms with E-state index in [1.807, 2.05) is 12.1 Å². The average Bonchev–Trinajstić information content (AvgIpc) is 3.02. The smallest absolute Gasteiger partial charge is 0.164 e. The van der Waals surface area contributed by atoms with Gasteiger partial charge in [0.15, 0.2) is 5.69 Å². The highest BCUT2D eigenvalue weighted by atomic mass is 15.2. The van der Waals surface area contributed by atoms with Gasteiger partial charge in [0.1, 0.15) is 11.7 Å². The molecular weight excluding hydrogens is 300 g/mol. The number of aromatic amines is 1. The van der Waals surface area contributed by atoms with Crippen molar-refractivity contribution in [2.45, 2.75) is 18.9 Å². The van der Waals surface area contributed by atoms with Gasteiger partial charge in [-0.15, -0.1) is 0 Å². The van der Waals surface area contributed by atoms with Crippen molar-refractivity contribution in [2.75, 3.05) is 25.0 Å². The standard InChI is InChI=1S/C18H18N6/c19-8-13-17(22-15-10-24-6-3-11(15)4-7-24)16-12-2-1-5-20-18(12)23-14(16)9-21-13/h1-2,5,9,11,15,22H,3-4,6-7,10H2,(H,20,23)/t15-/m1/s1. The summed E-state index contributed by atoms with van der Waals surface area (Å²) in [4.78, 5) is 14.6. The number of hydrogen-bond acceptors (Lipinski definition) is 5. The Kier molecular flexibility index (Phi) is 2.97. The Morgan fingerprint density at radius 2 is 2.17 bits per heavy atom. The quantitative estimate of drug-likeness (QED) is 0.759. The number of hydrogen-bond donors (Lipinski definition) is 2. The Morgan fingerprint density at radius 1 is 1.29 bits per heavy atom. The Bertz CT molecular complexity index is 961. The summed E-state index contributed by atoms with van der Waals surface area (Å²) in [5.41, 5.74) is 3.07. The molecule has 1 atom stereocenters. The molecule has 0 saturated carbocycles. The Labute approximate surface area is 139 Å². The molecule has 6 nitrogen and oxygen atoms in total. The predicted molar refractivity (Wildman–Crippen MR) is 92.7 cm³/mol. The molecule has 3 aromatic heterocycles. The minimum atomic E-state index is 0.383. The first-order valence-corrected chi connectivity index (χ1v) is 8.48. The summed E-state index contributed by atoms with van der Waals surface area (Å²) in [6, 6.07) is 6.61.